The zero-order valence-corrected chi connectivity index (χ0v) is 10.9. The molecule has 102 valence electrons. The summed E-state index contributed by atoms with van der Waals surface area (Å²) in [5.74, 6) is -0.482. The van der Waals surface area contributed by atoms with Crippen LogP contribution in [-0.4, -0.2) is 23.0 Å². The first-order chi connectivity index (χ1) is 8.66. The largest absolute Gasteiger partial charge is 0.481 e. The molecule has 0 unspecified atom stereocenters. The Morgan fingerprint density at radius 1 is 0.833 bits per heavy atom. The van der Waals surface area contributed by atoms with E-state index in [2.05, 4.69) is 5.32 Å². The maximum atomic E-state index is 12.1. The van der Waals surface area contributed by atoms with Gasteiger partial charge < -0.3 is 10.4 Å². The highest BCUT2D eigenvalue weighted by atomic mass is 16.4. The molecule has 2 N–H and O–H groups in total. The summed E-state index contributed by atoms with van der Waals surface area (Å²) in [7, 11) is 0. The molecule has 0 bridgehead atoms. The fourth-order valence-corrected chi connectivity index (χ4v) is 3.17. The molecule has 0 aromatic heterocycles. The van der Waals surface area contributed by atoms with E-state index in [-0.39, 0.29) is 23.8 Å². The molecule has 0 atom stereocenters. The van der Waals surface area contributed by atoms with Gasteiger partial charge in [-0.2, -0.15) is 0 Å². The van der Waals surface area contributed by atoms with E-state index < -0.39 is 5.97 Å². The van der Waals surface area contributed by atoms with Crippen LogP contribution in [0.25, 0.3) is 0 Å². The number of carboxylic acid groups (broad SMARTS) is 1. The van der Waals surface area contributed by atoms with Gasteiger partial charge in [-0.25, -0.2) is 0 Å². The van der Waals surface area contributed by atoms with E-state index in [9.17, 15) is 9.59 Å². The number of rotatable bonds is 3. The molecule has 4 nitrogen and oxygen atoms in total. The summed E-state index contributed by atoms with van der Waals surface area (Å²) in [5.41, 5.74) is 0. The van der Waals surface area contributed by atoms with E-state index in [0.29, 0.717) is 12.8 Å². The molecule has 0 saturated heterocycles. The first-order valence-electron chi connectivity index (χ1n) is 7.20. The summed E-state index contributed by atoms with van der Waals surface area (Å²) < 4.78 is 0. The van der Waals surface area contributed by atoms with Crippen LogP contribution in [0.2, 0.25) is 0 Å². The average molecular weight is 253 g/mol. The Morgan fingerprint density at radius 2 is 1.44 bits per heavy atom. The van der Waals surface area contributed by atoms with Gasteiger partial charge in [0.25, 0.3) is 0 Å². The third kappa shape index (κ3) is 3.47. The normalized spacial score (nSPS) is 29.8. The maximum absolute atomic E-state index is 12.1. The summed E-state index contributed by atoms with van der Waals surface area (Å²) in [6.07, 6.45) is 8.68. The zero-order chi connectivity index (χ0) is 13.0. The number of carboxylic acids is 1. The molecule has 2 aliphatic carbocycles. The summed E-state index contributed by atoms with van der Waals surface area (Å²) in [4.78, 5) is 22.9. The second kappa shape index (κ2) is 6.21. The standard InChI is InChI=1S/C14H23NO3/c16-13(10-4-2-1-3-5-10)15-12-8-6-11(7-9-12)14(17)18/h10-12H,1-9H2,(H,15,16)(H,17,18). The molecule has 18 heavy (non-hydrogen) atoms. The molecule has 2 saturated carbocycles. The number of hydrogen-bond acceptors (Lipinski definition) is 2. The Bertz CT molecular complexity index is 302. The first-order valence-corrected chi connectivity index (χ1v) is 7.20. The zero-order valence-electron chi connectivity index (χ0n) is 10.9. The Labute approximate surface area is 108 Å². The molecule has 0 radical (unpaired) electrons. The number of nitrogens with one attached hydrogen (secondary N) is 1. The summed E-state index contributed by atoms with van der Waals surface area (Å²) in [6, 6.07) is 0.204. The predicted molar refractivity (Wildman–Crippen MR) is 68.1 cm³/mol. The number of carbonyl (C=O) groups excluding carboxylic acids is 1. The monoisotopic (exact) mass is 253 g/mol. The van der Waals surface area contributed by atoms with Crippen molar-refractivity contribution in [2.75, 3.05) is 0 Å². The lowest BCUT2D eigenvalue weighted by Crippen LogP contribution is -2.42. The average Bonchev–Trinajstić information content (AvgIpc) is 2.40. The van der Waals surface area contributed by atoms with Gasteiger partial charge >= 0.3 is 5.97 Å². The predicted octanol–water partition coefficient (Wildman–Crippen LogP) is 2.33. The lowest BCUT2D eigenvalue weighted by molar-refractivity contribution is -0.142. The topological polar surface area (TPSA) is 66.4 Å². The SMILES string of the molecule is O=C(O)C1CCC(NC(=O)C2CCCCC2)CC1. The van der Waals surface area contributed by atoms with Crippen molar-refractivity contribution >= 4 is 11.9 Å². The number of amides is 1. The molecule has 2 aliphatic rings. The molecule has 2 rings (SSSR count). The third-order valence-corrected chi connectivity index (χ3v) is 4.40. The van der Waals surface area contributed by atoms with Crippen molar-refractivity contribution in [1.29, 1.82) is 0 Å². The highest BCUT2D eigenvalue weighted by Crippen LogP contribution is 2.27. The molecular formula is C14H23NO3. The quantitative estimate of drug-likeness (QED) is 0.811. The van der Waals surface area contributed by atoms with E-state index in [1.807, 2.05) is 0 Å². The molecule has 0 aromatic rings. The number of hydrogen-bond donors (Lipinski definition) is 2. The molecule has 2 fully saturated rings. The highest BCUT2D eigenvalue weighted by Gasteiger charge is 2.28. The van der Waals surface area contributed by atoms with E-state index in [4.69, 9.17) is 5.11 Å². The third-order valence-electron chi connectivity index (χ3n) is 4.40. The molecule has 0 aliphatic heterocycles. The minimum atomic E-state index is -0.688. The van der Waals surface area contributed by atoms with Crippen LogP contribution in [0.4, 0.5) is 0 Å². The van der Waals surface area contributed by atoms with E-state index in [1.54, 1.807) is 0 Å². The van der Waals surface area contributed by atoms with Gasteiger partial charge in [0.15, 0.2) is 0 Å². The van der Waals surface area contributed by atoms with Gasteiger partial charge in [0, 0.05) is 12.0 Å². The van der Waals surface area contributed by atoms with Crippen molar-refractivity contribution in [2.24, 2.45) is 11.8 Å². The van der Waals surface area contributed by atoms with Crippen LogP contribution in [0.5, 0.6) is 0 Å². The van der Waals surface area contributed by atoms with Crippen molar-refractivity contribution in [3.05, 3.63) is 0 Å². The van der Waals surface area contributed by atoms with Crippen molar-refractivity contribution < 1.29 is 14.7 Å². The molecule has 0 aromatic carbocycles. The van der Waals surface area contributed by atoms with Crippen LogP contribution < -0.4 is 5.32 Å². The smallest absolute Gasteiger partial charge is 0.306 e. The van der Waals surface area contributed by atoms with Crippen LogP contribution in [0, 0.1) is 11.8 Å². The molecule has 0 spiro atoms. The van der Waals surface area contributed by atoms with Crippen LogP contribution in [-0.2, 0) is 9.59 Å². The lowest BCUT2D eigenvalue weighted by Gasteiger charge is -2.29. The lowest BCUT2D eigenvalue weighted by atomic mass is 9.85. The van der Waals surface area contributed by atoms with Gasteiger partial charge in [0.1, 0.15) is 0 Å². The highest BCUT2D eigenvalue weighted by molar-refractivity contribution is 5.79. The van der Waals surface area contributed by atoms with E-state index >= 15 is 0 Å². The van der Waals surface area contributed by atoms with Crippen molar-refractivity contribution in [2.45, 2.75) is 63.8 Å². The Morgan fingerprint density at radius 3 is 2.00 bits per heavy atom. The maximum Gasteiger partial charge on any atom is 0.306 e. The van der Waals surface area contributed by atoms with Crippen molar-refractivity contribution in [1.82, 2.24) is 5.32 Å². The molecule has 0 heterocycles. The first kappa shape index (κ1) is 13.4. The van der Waals surface area contributed by atoms with E-state index in [1.165, 1.54) is 19.3 Å². The van der Waals surface area contributed by atoms with Crippen molar-refractivity contribution in [3.63, 3.8) is 0 Å². The fraction of sp³-hybridized carbons (Fsp3) is 0.857. The fourth-order valence-electron chi connectivity index (χ4n) is 3.17. The molecular weight excluding hydrogens is 230 g/mol. The molecule has 4 heteroatoms. The van der Waals surface area contributed by atoms with Crippen LogP contribution in [0.1, 0.15) is 57.8 Å². The minimum absolute atomic E-state index is 0.201. The second-order valence-electron chi connectivity index (χ2n) is 5.73. The number of carbonyl (C=O) groups is 2. The summed E-state index contributed by atoms with van der Waals surface area (Å²) in [5, 5.41) is 12.0. The van der Waals surface area contributed by atoms with Gasteiger partial charge in [-0.05, 0) is 38.5 Å². The van der Waals surface area contributed by atoms with Gasteiger partial charge in [0.05, 0.1) is 5.92 Å². The van der Waals surface area contributed by atoms with Crippen LogP contribution in [0.15, 0.2) is 0 Å². The number of aliphatic carboxylic acids is 1. The Balaban J connectivity index is 1.73. The molecule has 1 amide bonds. The van der Waals surface area contributed by atoms with E-state index in [0.717, 1.165) is 25.7 Å². The summed E-state index contributed by atoms with van der Waals surface area (Å²) in [6.45, 7) is 0. The second-order valence-corrected chi connectivity index (χ2v) is 5.73. The Hall–Kier alpha value is -1.06. The van der Waals surface area contributed by atoms with Gasteiger partial charge in [-0.15, -0.1) is 0 Å². The van der Waals surface area contributed by atoms with Crippen LogP contribution >= 0.6 is 0 Å². The van der Waals surface area contributed by atoms with Crippen LogP contribution in [0.3, 0.4) is 0 Å². The summed E-state index contributed by atoms with van der Waals surface area (Å²) >= 11 is 0. The van der Waals surface area contributed by atoms with Crippen molar-refractivity contribution in [3.8, 4) is 0 Å². The Kier molecular flexibility index (Phi) is 4.61. The minimum Gasteiger partial charge on any atom is -0.481 e. The van der Waals surface area contributed by atoms with Gasteiger partial charge in [-0.3, -0.25) is 9.59 Å². The van der Waals surface area contributed by atoms with Gasteiger partial charge in [0.2, 0.25) is 5.91 Å². The van der Waals surface area contributed by atoms with Gasteiger partial charge in [-0.1, -0.05) is 19.3 Å².